The van der Waals surface area contributed by atoms with E-state index in [-0.39, 0.29) is 12.3 Å². The van der Waals surface area contributed by atoms with E-state index in [0.717, 1.165) is 0 Å². The van der Waals surface area contributed by atoms with Crippen LogP contribution in [0.5, 0.6) is 0 Å². The van der Waals surface area contributed by atoms with Gasteiger partial charge in [-0.2, -0.15) is 0 Å². The SMILES string of the molecule is C=CCNC(=O)C(C)S(=O)(=O)Cc1ccccc1Cl. The Kier molecular flexibility index (Phi) is 5.57. The third-order valence-corrected chi connectivity index (χ3v) is 5.02. The van der Waals surface area contributed by atoms with Crippen LogP contribution in [0.15, 0.2) is 36.9 Å². The van der Waals surface area contributed by atoms with Crippen molar-refractivity contribution in [3.05, 3.63) is 47.5 Å². The lowest BCUT2D eigenvalue weighted by atomic mass is 10.2. The Morgan fingerprint density at radius 3 is 2.68 bits per heavy atom. The molecular weight excluding hydrogens is 286 g/mol. The van der Waals surface area contributed by atoms with Gasteiger partial charge in [0, 0.05) is 11.6 Å². The Balaban J connectivity index is 2.84. The van der Waals surface area contributed by atoms with Gasteiger partial charge in [-0.25, -0.2) is 8.42 Å². The molecular formula is C13H16ClNO3S. The number of benzene rings is 1. The van der Waals surface area contributed by atoms with E-state index in [2.05, 4.69) is 11.9 Å². The lowest BCUT2D eigenvalue weighted by Crippen LogP contribution is -2.38. The van der Waals surface area contributed by atoms with E-state index in [0.29, 0.717) is 10.6 Å². The molecule has 0 spiro atoms. The van der Waals surface area contributed by atoms with Gasteiger partial charge < -0.3 is 5.32 Å². The van der Waals surface area contributed by atoms with E-state index in [1.807, 2.05) is 0 Å². The van der Waals surface area contributed by atoms with Crippen LogP contribution in [-0.4, -0.2) is 26.1 Å². The highest BCUT2D eigenvalue weighted by Crippen LogP contribution is 2.19. The van der Waals surface area contributed by atoms with Gasteiger partial charge in [-0.3, -0.25) is 4.79 Å². The van der Waals surface area contributed by atoms with Crippen molar-refractivity contribution in [3.8, 4) is 0 Å². The molecule has 1 atom stereocenters. The molecule has 0 radical (unpaired) electrons. The van der Waals surface area contributed by atoms with E-state index in [9.17, 15) is 13.2 Å². The number of hydrogen-bond donors (Lipinski definition) is 1. The molecule has 4 nitrogen and oxygen atoms in total. The van der Waals surface area contributed by atoms with E-state index in [1.165, 1.54) is 13.0 Å². The zero-order valence-corrected chi connectivity index (χ0v) is 12.2. The van der Waals surface area contributed by atoms with Crippen LogP contribution in [-0.2, 0) is 20.4 Å². The zero-order valence-electron chi connectivity index (χ0n) is 10.6. The van der Waals surface area contributed by atoms with Gasteiger partial charge in [0.05, 0.1) is 5.75 Å². The van der Waals surface area contributed by atoms with Crippen molar-refractivity contribution in [3.63, 3.8) is 0 Å². The van der Waals surface area contributed by atoms with Crippen molar-refractivity contribution in [1.82, 2.24) is 5.32 Å². The number of carbonyl (C=O) groups excluding carboxylic acids is 1. The van der Waals surface area contributed by atoms with Crippen molar-refractivity contribution in [2.75, 3.05) is 6.54 Å². The number of nitrogens with one attached hydrogen (secondary N) is 1. The fourth-order valence-electron chi connectivity index (χ4n) is 1.44. The van der Waals surface area contributed by atoms with E-state index in [4.69, 9.17) is 11.6 Å². The zero-order chi connectivity index (χ0) is 14.5. The Labute approximate surface area is 118 Å². The third-order valence-electron chi connectivity index (χ3n) is 2.64. The Hall–Kier alpha value is -1.33. The number of amides is 1. The first-order valence-electron chi connectivity index (χ1n) is 5.72. The molecule has 1 rings (SSSR count). The van der Waals surface area contributed by atoms with Gasteiger partial charge in [0.1, 0.15) is 5.25 Å². The molecule has 0 aromatic heterocycles. The largest absolute Gasteiger partial charge is 0.352 e. The maximum absolute atomic E-state index is 12.1. The molecule has 0 aliphatic carbocycles. The molecule has 1 amide bonds. The monoisotopic (exact) mass is 301 g/mol. The number of rotatable bonds is 6. The highest BCUT2D eigenvalue weighted by molar-refractivity contribution is 7.92. The maximum Gasteiger partial charge on any atom is 0.238 e. The summed E-state index contributed by atoms with van der Waals surface area (Å²) < 4.78 is 24.2. The van der Waals surface area contributed by atoms with Crippen LogP contribution in [0.1, 0.15) is 12.5 Å². The first kappa shape index (κ1) is 15.7. The van der Waals surface area contributed by atoms with Gasteiger partial charge in [-0.1, -0.05) is 35.9 Å². The molecule has 0 bridgehead atoms. The molecule has 0 fully saturated rings. The second-order valence-corrected chi connectivity index (χ2v) is 6.80. The number of sulfone groups is 1. The van der Waals surface area contributed by atoms with Gasteiger partial charge in [-0.15, -0.1) is 6.58 Å². The second-order valence-electron chi connectivity index (χ2n) is 4.07. The highest BCUT2D eigenvalue weighted by Gasteiger charge is 2.28. The standard InChI is InChI=1S/C13H16ClNO3S/c1-3-8-15-13(16)10(2)19(17,18)9-11-6-4-5-7-12(11)14/h3-7,10H,1,8-9H2,2H3,(H,15,16). The molecule has 0 heterocycles. The summed E-state index contributed by atoms with van der Waals surface area (Å²) >= 11 is 5.92. The predicted octanol–water partition coefficient (Wildman–Crippen LogP) is 1.95. The van der Waals surface area contributed by atoms with Crippen LogP contribution < -0.4 is 5.32 Å². The van der Waals surface area contributed by atoms with Gasteiger partial charge in [-0.05, 0) is 18.6 Å². The topological polar surface area (TPSA) is 63.2 Å². The molecule has 19 heavy (non-hydrogen) atoms. The second kappa shape index (κ2) is 6.73. The van der Waals surface area contributed by atoms with Crippen molar-refractivity contribution >= 4 is 27.3 Å². The van der Waals surface area contributed by atoms with Crippen molar-refractivity contribution < 1.29 is 13.2 Å². The van der Waals surface area contributed by atoms with Gasteiger partial charge >= 0.3 is 0 Å². The number of halogens is 1. The summed E-state index contributed by atoms with van der Waals surface area (Å²) in [6, 6.07) is 6.68. The summed E-state index contributed by atoms with van der Waals surface area (Å²) in [7, 11) is -3.60. The summed E-state index contributed by atoms with van der Waals surface area (Å²) in [6.07, 6.45) is 1.49. The highest BCUT2D eigenvalue weighted by atomic mass is 35.5. The summed E-state index contributed by atoms with van der Waals surface area (Å²) in [6.45, 7) is 5.06. The van der Waals surface area contributed by atoms with Crippen LogP contribution in [0.25, 0.3) is 0 Å². The summed E-state index contributed by atoms with van der Waals surface area (Å²) in [5.41, 5.74) is 0.493. The van der Waals surface area contributed by atoms with E-state index >= 15 is 0 Å². The summed E-state index contributed by atoms with van der Waals surface area (Å²) in [5, 5.41) is 1.73. The summed E-state index contributed by atoms with van der Waals surface area (Å²) in [5.74, 6) is -0.790. The van der Waals surface area contributed by atoms with Crippen molar-refractivity contribution in [2.24, 2.45) is 0 Å². The molecule has 0 saturated carbocycles. The summed E-state index contributed by atoms with van der Waals surface area (Å²) in [4.78, 5) is 11.7. The first-order valence-corrected chi connectivity index (χ1v) is 7.81. The van der Waals surface area contributed by atoms with Crippen LogP contribution in [0.4, 0.5) is 0 Å². The van der Waals surface area contributed by atoms with E-state index in [1.54, 1.807) is 24.3 Å². The first-order chi connectivity index (χ1) is 8.88. The van der Waals surface area contributed by atoms with Gasteiger partial charge in [0.15, 0.2) is 9.84 Å². The van der Waals surface area contributed by atoms with Crippen LogP contribution in [0.3, 0.4) is 0 Å². The van der Waals surface area contributed by atoms with E-state index < -0.39 is 21.0 Å². The minimum atomic E-state index is -3.60. The predicted molar refractivity (Wildman–Crippen MR) is 76.7 cm³/mol. The van der Waals surface area contributed by atoms with Gasteiger partial charge in [0.2, 0.25) is 5.91 Å². The quantitative estimate of drug-likeness (QED) is 0.817. The fourth-order valence-corrected chi connectivity index (χ4v) is 3.06. The Bertz CT molecular complexity index is 569. The lowest BCUT2D eigenvalue weighted by molar-refractivity contribution is -0.120. The molecule has 1 unspecified atom stereocenters. The average Bonchev–Trinajstić information content (AvgIpc) is 2.37. The van der Waals surface area contributed by atoms with Crippen molar-refractivity contribution in [1.29, 1.82) is 0 Å². The Morgan fingerprint density at radius 1 is 1.47 bits per heavy atom. The molecule has 0 aliphatic heterocycles. The Morgan fingerprint density at radius 2 is 2.11 bits per heavy atom. The smallest absolute Gasteiger partial charge is 0.238 e. The third kappa shape index (κ3) is 4.36. The molecule has 0 aliphatic rings. The lowest BCUT2D eigenvalue weighted by Gasteiger charge is -2.13. The normalized spacial score (nSPS) is 12.7. The number of hydrogen-bond acceptors (Lipinski definition) is 3. The average molecular weight is 302 g/mol. The fraction of sp³-hybridized carbons (Fsp3) is 0.308. The molecule has 0 saturated heterocycles. The van der Waals surface area contributed by atoms with Crippen LogP contribution in [0, 0.1) is 0 Å². The molecule has 104 valence electrons. The van der Waals surface area contributed by atoms with Crippen molar-refractivity contribution in [2.45, 2.75) is 17.9 Å². The van der Waals surface area contributed by atoms with Gasteiger partial charge in [0.25, 0.3) is 0 Å². The molecule has 1 N–H and O–H groups in total. The number of carbonyl (C=O) groups is 1. The molecule has 1 aromatic rings. The minimum absolute atomic E-state index is 0.241. The maximum atomic E-state index is 12.1. The molecule has 1 aromatic carbocycles. The minimum Gasteiger partial charge on any atom is -0.352 e. The van der Waals surface area contributed by atoms with Crippen LogP contribution in [0.2, 0.25) is 5.02 Å². The molecule has 6 heteroatoms. The van der Waals surface area contributed by atoms with Crippen LogP contribution >= 0.6 is 11.6 Å².